The number of hydrogen-bond acceptors (Lipinski definition) is 0. The van der Waals surface area contributed by atoms with E-state index in [0.717, 1.165) is 12.1 Å². The third-order valence-corrected chi connectivity index (χ3v) is 2.20. The molecule has 0 fully saturated rings. The summed E-state index contributed by atoms with van der Waals surface area (Å²) in [5.41, 5.74) is -0.691. The molecule has 0 aliphatic heterocycles. The van der Waals surface area contributed by atoms with Crippen LogP contribution in [0.5, 0.6) is 0 Å². The topological polar surface area (TPSA) is 0 Å². The maximum Gasteiger partial charge on any atom is 0.458 e. The molecule has 0 spiro atoms. The molecular weight excluding hydrogens is 239 g/mol. The van der Waals surface area contributed by atoms with Crippen molar-refractivity contribution in [1.29, 1.82) is 0 Å². The van der Waals surface area contributed by atoms with Crippen molar-refractivity contribution in [2.24, 2.45) is 0 Å². The SMILES string of the molecule is C#CCCc1cccc(C(F)(F)C(F)(F)F)c1. The summed E-state index contributed by atoms with van der Waals surface area (Å²) in [4.78, 5) is 0. The molecule has 0 atom stereocenters. The Morgan fingerprint density at radius 3 is 2.29 bits per heavy atom. The molecule has 0 radical (unpaired) electrons. The summed E-state index contributed by atoms with van der Waals surface area (Å²) in [6, 6.07) is 4.23. The lowest BCUT2D eigenvalue weighted by atomic mass is 10.0. The maximum absolute atomic E-state index is 13.0. The molecule has 0 nitrogen and oxygen atoms in total. The first-order valence-corrected chi connectivity index (χ1v) is 4.76. The number of hydrogen-bond donors (Lipinski definition) is 0. The lowest BCUT2D eigenvalue weighted by Crippen LogP contribution is -2.33. The van der Waals surface area contributed by atoms with Crippen LogP contribution in [0.2, 0.25) is 0 Å². The van der Waals surface area contributed by atoms with Crippen molar-refractivity contribution in [1.82, 2.24) is 0 Å². The highest BCUT2D eigenvalue weighted by Crippen LogP contribution is 2.43. The summed E-state index contributed by atoms with van der Waals surface area (Å²) < 4.78 is 62.4. The Morgan fingerprint density at radius 1 is 1.12 bits per heavy atom. The highest BCUT2D eigenvalue weighted by atomic mass is 19.4. The molecular formula is C12H9F5. The van der Waals surface area contributed by atoms with Gasteiger partial charge in [0.1, 0.15) is 0 Å². The average Bonchev–Trinajstić information content (AvgIpc) is 2.25. The van der Waals surface area contributed by atoms with Crippen LogP contribution >= 0.6 is 0 Å². The molecule has 1 aromatic rings. The zero-order chi connectivity index (χ0) is 13.1. The van der Waals surface area contributed by atoms with E-state index in [4.69, 9.17) is 6.42 Å². The van der Waals surface area contributed by atoms with E-state index in [9.17, 15) is 22.0 Å². The van der Waals surface area contributed by atoms with Gasteiger partial charge in [-0.15, -0.1) is 12.3 Å². The van der Waals surface area contributed by atoms with E-state index in [2.05, 4.69) is 5.92 Å². The lowest BCUT2D eigenvalue weighted by molar-refractivity contribution is -0.289. The van der Waals surface area contributed by atoms with Crippen LogP contribution < -0.4 is 0 Å². The van der Waals surface area contributed by atoms with E-state index >= 15 is 0 Å². The molecule has 92 valence electrons. The Morgan fingerprint density at radius 2 is 1.76 bits per heavy atom. The second-order valence-corrected chi connectivity index (χ2v) is 3.48. The quantitative estimate of drug-likeness (QED) is 0.562. The molecule has 0 aromatic heterocycles. The molecule has 0 N–H and O–H groups in total. The van der Waals surface area contributed by atoms with Crippen molar-refractivity contribution in [3.63, 3.8) is 0 Å². The number of benzene rings is 1. The molecule has 0 unspecified atom stereocenters. The lowest BCUT2D eigenvalue weighted by Gasteiger charge is -2.20. The Hall–Kier alpha value is -1.57. The first-order valence-electron chi connectivity index (χ1n) is 4.76. The van der Waals surface area contributed by atoms with Gasteiger partial charge < -0.3 is 0 Å². The van der Waals surface area contributed by atoms with E-state index in [1.54, 1.807) is 0 Å². The smallest absolute Gasteiger partial charge is 0.191 e. The summed E-state index contributed by atoms with van der Waals surface area (Å²) >= 11 is 0. The molecule has 0 saturated heterocycles. The minimum atomic E-state index is -5.59. The van der Waals surface area contributed by atoms with Crippen LogP contribution in [0, 0.1) is 12.3 Å². The van der Waals surface area contributed by atoms with Gasteiger partial charge in [-0.3, -0.25) is 0 Å². The van der Waals surface area contributed by atoms with Crippen LogP contribution in [-0.4, -0.2) is 6.18 Å². The van der Waals surface area contributed by atoms with Crippen LogP contribution in [0.4, 0.5) is 22.0 Å². The van der Waals surface area contributed by atoms with Gasteiger partial charge in [-0.2, -0.15) is 22.0 Å². The number of alkyl halides is 5. The Labute approximate surface area is 95.4 Å². The van der Waals surface area contributed by atoms with Crippen molar-refractivity contribution >= 4 is 0 Å². The van der Waals surface area contributed by atoms with Crippen LogP contribution in [0.3, 0.4) is 0 Å². The van der Waals surface area contributed by atoms with E-state index < -0.39 is 17.7 Å². The van der Waals surface area contributed by atoms with E-state index in [0.29, 0.717) is 12.0 Å². The van der Waals surface area contributed by atoms with Crippen molar-refractivity contribution in [2.75, 3.05) is 0 Å². The molecule has 1 rings (SSSR count). The van der Waals surface area contributed by atoms with Gasteiger partial charge in [0.25, 0.3) is 0 Å². The van der Waals surface area contributed by atoms with Crippen molar-refractivity contribution in [3.8, 4) is 12.3 Å². The average molecular weight is 248 g/mol. The zero-order valence-electron chi connectivity index (χ0n) is 8.69. The Kier molecular flexibility index (Phi) is 3.76. The molecule has 0 heterocycles. The second kappa shape index (κ2) is 4.74. The van der Waals surface area contributed by atoms with E-state index in [1.807, 2.05) is 0 Å². The fraction of sp³-hybridized carbons (Fsp3) is 0.333. The van der Waals surface area contributed by atoms with Gasteiger partial charge in [0.15, 0.2) is 0 Å². The second-order valence-electron chi connectivity index (χ2n) is 3.48. The molecule has 0 amide bonds. The van der Waals surface area contributed by atoms with Gasteiger partial charge in [0.05, 0.1) is 0 Å². The van der Waals surface area contributed by atoms with Crippen molar-refractivity contribution in [3.05, 3.63) is 35.4 Å². The summed E-state index contributed by atoms with van der Waals surface area (Å²) in [6.45, 7) is 0. The van der Waals surface area contributed by atoms with E-state index in [1.165, 1.54) is 12.1 Å². The van der Waals surface area contributed by atoms with Crippen LogP contribution in [-0.2, 0) is 12.3 Å². The largest absolute Gasteiger partial charge is 0.458 e. The molecule has 0 aliphatic carbocycles. The molecule has 0 bridgehead atoms. The van der Waals surface area contributed by atoms with Gasteiger partial charge in [0, 0.05) is 12.0 Å². The van der Waals surface area contributed by atoms with E-state index in [-0.39, 0.29) is 6.42 Å². The van der Waals surface area contributed by atoms with Crippen LogP contribution in [0.15, 0.2) is 24.3 Å². The third kappa shape index (κ3) is 2.96. The normalized spacial score (nSPS) is 12.2. The molecule has 1 aromatic carbocycles. The fourth-order valence-electron chi connectivity index (χ4n) is 1.30. The van der Waals surface area contributed by atoms with Crippen molar-refractivity contribution in [2.45, 2.75) is 24.9 Å². The van der Waals surface area contributed by atoms with Gasteiger partial charge in [-0.1, -0.05) is 18.2 Å². The summed E-state index contributed by atoms with van der Waals surface area (Å²) in [5, 5.41) is 0. The molecule has 0 aliphatic rings. The predicted molar refractivity (Wildman–Crippen MR) is 53.5 cm³/mol. The highest BCUT2D eigenvalue weighted by Gasteiger charge is 2.58. The standard InChI is InChI=1S/C12H9F5/c1-2-3-5-9-6-4-7-10(8-9)11(13,14)12(15,16)17/h1,4,6-8H,3,5H2. The minimum absolute atomic E-state index is 0.276. The molecule has 0 saturated carbocycles. The highest BCUT2D eigenvalue weighted by molar-refractivity contribution is 5.28. The first-order chi connectivity index (χ1) is 7.79. The maximum atomic E-state index is 13.0. The first kappa shape index (κ1) is 13.5. The molecule has 17 heavy (non-hydrogen) atoms. The zero-order valence-corrected chi connectivity index (χ0v) is 8.69. The van der Waals surface area contributed by atoms with Crippen LogP contribution in [0.25, 0.3) is 0 Å². The number of halogens is 5. The van der Waals surface area contributed by atoms with Crippen LogP contribution in [0.1, 0.15) is 17.5 Å². The Balaban J connectivity index is 3.04. The summed E-state index contributed by atoms with van der Waals surface area (Å²) in [7, 11) is 0. The van der Waals surface area contributed by atoms with Gasteiger partial charge in [-0.05, 0) is 18.1 Å². The summed E-state index contributed by atoms with van der Waals surface area (Å²) in [6.07, 6.45) is -0.0255. The monoisotopic (exact) mass is 248 g/mol. The summed E-state index contributed by atoms with van der Waals surface area (Å²) in [5.74, 6) is -2.54. The molecule has 5 heteroatoms. The number of aryl methyl sites for hydroxylation is 1. The minimum Gasteiger partial charge on any atom is -0.191 e. The van der Waals surface area contributed by atoms with Gasteiger partial charge in [0.2, 0.25) is 0 Å². The third-order valence-electron chi connectivity index (χ3n) is 2.20. The number of terminal acetylenes is 1. The van der Waals surface area contributed by atoms with Crippen molar-refractivity contribution < 1.29 is 22.0 Å². The fourth-order valence-corrected chi connectivity index (χ4v) is 1.30. The Bertz CT molecular complexity index is 425. The predicted octanol–water partition coefficient (Wildman–Crippen LogP) is 3.91. The van der Waals surface area contributed by atoms with Gasteiger partial charge in [-0.25, -0.2) is 0 Å². The van der Waals surface area contributed by atoms with Gasteiger partial charge >= 0.3 is 12.1 Å². The number of rotatable bonds is 3.